The van der Waals surface area contributed by atoms with E-state index >= 15 is 0 Å². The van der Waals surface area contributed by atoms with Crippen molar-refractivity contribution in [2.75, 3.05) is 13.1 Å². The average molecular weight is 418 g/mol. The van der Waals surface area contributed by atoms with Gasteiger partial charge in [0.15, 0.2) is 5.82 Å². The van der Waals surface area contributed by atoms with E-state index in [1.54, 1.807) is 19.1 Å². The van der Waals surface area contributed by atoms with Crippen molar-refractivity contribution in [3.8, 4) is 0 Å². The molecule has 0 saturated carbocycles. The summed E-state index contributed by atoms with van der Waals surface area (Å²) >= 11 is 0. The number of carbonyl (C=O) groups is 3. The molecule has 0 fully saturated rings. The Balaban J connectivity index is 1.35. The number of amides is 3. The van der Waals surface area contributed by atoms with Gasteiger partial charge in [-0.3, -0.25) is 19.3 Å². The SMILES string of the molecule is Cc1noc(CCCNC(=O)c2ccc3c(c2)C(=O)N(CCc2ccccc2)C3=O)n1. The van der Waals surface area contributed by atoms with Crippen LogP contribution in [0.1, 0.15) is 54.8 Å². The van der Waals surface area contributed by atoms with E-state index in [4.69, 9.17) is 4.52 Å². The zero-order chi connectivity index (χ0) is 21.8. The zero-order valence-corrected chi connectivity index (χ0v) is 17.1. The number of aromatic nitrogens is 2. The normalized spacial score (nSPS) is 12.9. The maximum atomic E-state index is 12.8. The van der Waals surface area contributed by atoms with Crippen molar-refractivity contribution in [3.63, 3.8) is 0 Å². The second kappa shape index (κ2) is 8.91. The number of carbonyl (C=O) groups excluding carboxylic acids is 3. The number of aryl methyl sites for hydroxylation is 2. The smallest absolute Gasteiger partial charge is 0.261 e. The Labute approximate surface area is 179 Å². The molecule has 0 radical (unpaired) electrons. The molecule has 158 valence electrons. The molecule has 2 aromatic carbocycles. The fourth-order valence-corrected chi connectivity index (χ4v) is 3.51. The minimum atomic E-state index is -0.364. The minimum Gasteiger partial charge on any atom is -0.352 e. The van der Waals surface area contributed by atoms with Gasteiger partial charge in [0.2, 0.25) is 5.89 Å². The highest BCUT2D eigenvalue weighted by molar-refractivity contribution is 6.22. The van der Waals surface area contributed by atoms with Gasteiger partial charge in [0.25, 0.3) is 17.7 Å². The fourth-order valence-electron chi connectivity index (χ4n) is 3.51. The third-order valence-electron chi connectivity index (χ3n) is 5.12. The maximum absolute atomic E-state index is 12.8. The second-order valence-corrected chi connectivity index (χ2v) is 7.35. The van der Waals surface area contributed by atoms with Gasteiger partial charge in [-0.05, 0) is 43.5 Å². The molecular formula is C23H22N4O4. The summed E-state index contributed by atoms with van der Waals surface area (Å²) in [6.07, 6.45) is 1.79. The van der Waals surface area contributed by atoms with Gasteiger partial charge in [-0.1, -0.05) is 35.5 Å². The van der Waals surface area contributed by atoms with Crippen LogP contribution in [-0.4, -0.2) is 45.9 Å². The van der Waals surface area contributed by atoms with Crippen LogP contribution in [0, 0.1) is 6.92 Å². The summed E-state index contributed by atoms with van der Waals surface area (Å²) in [5.41, 5.74) is 2.00. The largest absolute Gasteiger partial charge is 0.352 e. The summed E-state index contributed by atoms with van der Waals surface area (Å²) in [6, 6.07) is 14.3. The van der Waals surface area contributed by atoms with Crippen LogP contribution in [0.25, 0.3) is 0 Å². The van der Waals surface area contributed by atoms with E-state index in [-0.39, 0.29) is 23.3 Å². The number of nitrogens with one attached hydrogen (secondary N) is 1. The predicted octanol–water partition coefficient (Wildman–Crippen LogP) is 2.58. The van der Waals surface area contributed by atoms with Crippen molar-refractivity contribution in [3.05, 3.63) is 82.5 Å². The molecular weight excluding hydrogens is 396 g/mol. The number of imide groups is 1. The van der Waals surface area contributed by atoms with Crippen LogP contribution in [0.2, 0.25) is 0 Å². The molecule has 0 saturated heterocycles. The van der Waals surface area contributed by atoms with Gasteiger partial charge in [0.05, 0.1) is 11.1 Å². The first-order valence-electron chi connectivity index (χ1n) is 10.1. The lowest BCUT2D eigenvalue weighted by molar-refractivity contribution is 0.0656. The lowest BCUT2D eigenvalue weighted by Crippen LogP contribution is -2.31. The minimum absolute atomic E-state index is 0.270. The lowest BCUT2D eigenvalue weighted by atomic mass is 10.1. The van der Waals surface area contributed by atoms with E-state index in [1.807, 2.05) is 30.3 Å². The number of fused-ring (bicyclic) bond motifs is 1. The monoisotopic (exact) mass is 418 g/mol. The molecule has 0 atom stereocenters. The van der Waals surface area contributed by atoms with Crippen molar-refractivity contribution in [1.29, 1.82) is 0 Å². The standard InChI is InChI=1S/C23H22N4O4/c1-15-25-20(31-26-15)8-5-12-24-21(28)17-9-10-18-19(14-17)23(30)27(22(18)29)13-11-16-6-3-2-4-7-16/h2-4,6-7,9-10,14H,5,8,11-13H2,1H3,(H,24,28). The Morgan fingerprint density at radius 3 is 2.55 bits per heavy atom. The number of hydrogen-bond acceptors (Lipinski definition) is 6. The summed E-state index contributed by atoms with van der Waals surface area (Å²) in [7, 11) is 0. The van der Waals surface area contributed by atoms with E-state index < -0.39 is 0 Å². The van der Waals surface area contributed by atoms with Crippen LogP contribution in [-0.2, 0) is 12.8 Å². The Morgan fingerprint density at radius 2 is 1.81 bits per heavy atom. The summed E-state index contributed by atoms with van der Waals surface area (Å²) in [6.45, 7) is 2.47. The Bertz CT molecular complexity index is 1120. The Morgan fingerprint density at radius 1 is 1.03 bits per heavy atom. The molecule has 2 heterocycles. The molecule has 0 unspecified atom stereocenters. The number of hydrogen-bond donors (Lipinski definition) is 1. The van der Waals surface area contributed by atoms with Gasteiger partial charge >= 0.3 is 0 Å². The molecule has 1 aromatic heterocycles. The highest BCUT2D eigenvalue weighted by atomic mass is 16.5. The molecule has 31 heavy (non-hydrogen) atoms. The third kappa shape index (κ3) is 4.53. The molecule has 8 nitrogen and oxygen atoms in total. The molecule has 8 heteroatoms. The summed E-state index contributed by atoms with van der Waals surface area (Å²) in [5.74, 6) is 0.126. The first-order chi connectivity index (χ1) is 15.0. The van der Waals surface area contributed by atoms with E-state index in [2.05, 4.69) is 15.5 Å². The van der Waals surface area contributed by atoms with Crippen molar-refractivity contribution in [1.82, 2.24) is 20.4 Å². The highest BCUT2D eigenvalue weighted by Crippen LogP contribution is 2.24. The van der Waals surface area contributed by atoms with E-state index in [0.29, 0.717) is 55.2 Å². The van der Waals surface area contributed by atoms with Crippen LogP contribution in [0.4, 0.5) is 0 Å². The number of rotatable bonds is 8. The van der Waals surface area contributed by atoms with Crippen LogP contribution in [0.15, 0.2) is 53.1 Å². The topological polar surface area (TPSA) is 105 Å². The van der Waals surface area contributed by atoms with Crippen LogP contribution >= 0.6 is 0 Å². The molecule has 0 aliphatic carbocycles. The highest BCUT2D eigenvalue weighted by Gasteiger charge is 2.35. The Kier molecular flexibility index (Phi) is 5.88. The second-order valence-electron chi connectivity index (χ2n) is 7.35. The molecule has 3 aromatic rings. The number of benzene rings is 2. The molecule has 4 rings (SSSR count). The molecule has 1 aliphatic heterocycles. The summed E-state index contributed by atoms with van der Waals surface area (Å²) in [5, 5.41) is 6.54. The van der Waals surface area contributed by atoms with Crippen LogP contribution < -0.4 is 5.32 Å². The van der Waals surface area contributed by atoms with Crippen LogP contribution in [0.5, 0.6) is 0 Å². The summed E-state index contributed by atoms with van der Waals surface area (Å²) < 4.78 is 5.04. The molecule has 1 N–H and O–H groups in total. The van der Waals surface area contributed by atoms with Gasteiger partial charge in [0, 0.05) is 25.1 Å². The summed E-state index contributed by atoms with van der Waals surface area (Å²) in [4.78, 5) is 43.2. The van der Waals surface area contributed by atoms with Crippen molar-refractivity contribution in [2.24, 2.45) is 0 Å². The van der Waals surface area contributed by atoms with Crippen molar-refractivity contribution < 1.29 is 18.9 Å². The van der Waals surface area contributed by atoms with E-state index in [9.17, 15) is 14.4 Å². The Hall–Kier alpha value is -3.81. The molecule has 3 amide bonds. The third-order valence-corrected chi connectivity index (χ3v) is 5.12. The molecule has 0 spiro atoms. The van der Waals surface area contributed by atoms with Gasteiger partial charge in [-0.2, -0.15) is 4.98 Å². The maximum Gasteiger partial charge on any atom is 0.261 e. The van der Waals surface area contributed by atoms with Gasteiger partial charge in [-0.15, -0.1) is 0 Å². The average Bonchev–Trinajstić information content (AvgIpc) is 3.31. The first kappa shape index (κ1) is 20.5. The number of nitrogens with zero attached hydrogens (tertiary/aromatic N) is 3. The molecule has 0 bridgehead atoms. The van der Waals surface area contributed by atoms with Crippen molar-refractivity contribution >= 4 is 17.7 Å². The van der Waals surface area contributed by atoms with E-state index in [1.165, 1.54) is 11.0 Å². The first-order valence-corrected chi connectivity index (χ1v) is 10.1. The van der Waals surface area contributed by atoms with Gasteiger partial charge < -0.3 is 9.84 Å². The quantitative estimate of drug-likeness (QED) is 0.445. The zero-order valence-electron chi connectivity index (χ0n) is 17.1. The fraction of sp³-hybridized carbons (Fsp3) is 0.261. The predicted molar refractivity (Wildman–Crippen MR) is 112 cm³/mol. The van der Waals surface area contributed by atoms with Crippen LogP contribution in [0.3, 0.4) is 0 Å². The van der Waals surface area contributed by atoms with Gasteiger partial charge in [0.1, 0.15) is 0 Å². The van der Waals surface area contributed by atoms with Gasteiger partial charge in [-0.25, -0.2) is 0 Å². The lowest BCUT2D eigenvalue weighted by Gasteiger charge is -2.13. The van der Waals surface area contributed by atoms with E-state index in [0.717, 1.165) is 5.56 Å². The molecule has 1 aliphatic rings. The van der Waals surface area contributed by atoms with Crippen molar-refractivity contribution in [2.45, 2.75) is 26.2 Å².